The van der Waals surface area contributed by atoms with E-state index in [1.54, 1.807) is 0 Å². The molecule has 1 saturated carbocycles. The quantitative estimate of drug-likeness (QED) is 0.832. The highest BCUT2D eigenvalue weighted by Gasteiger charge is 2.45. The second-order valence-corrected chi connectivity index (χ2v) is 7.78. The SMILES string of the molecule is CC1(C)CC1CNS(=O)(=O)Cc1ccccc1CN. The predicted octanol–water partition coefficient (Wildman–Crippen LogP) is 1.61. The fourth-order valence-corrected chi connectivity index (χ4v) is 3.55. The molecule has 0 aliphatic heterocycles. The summed E-state index contributed by atoms with van der Waals surface area (Å²) in [5.41, 5.74) is 7.58. The highest BCUT2D eigenvalue weighted by Crippen LogP contribution is 2.51. The van der Waals surface area contributed by atoms with Crippen LogP contribution in [0.25, 0.3) is 0 Å². The molecule has 5 heteroatoms. The van der Waals surface area contributed by atoms with Crippen molar-refractivity contribution >= 4 is 10.0 Å². The second-order valence-electron chi connectivity index (χ2n) is 5.97. The molecule has 4 nitrogen and oxygen atoms in total. The molecule has 1 unspecified atom stereocenters. The van der Waals surface area contributed by atoms with Gasteiger partial charge < -0.3 is 5.73 Å². The van der Waals surface area contributed by atoms with Crippen molar-refractivity contribution in [3.63, 3.8) is 0 Å². The van der Waals surface area contributed by atoms with Crippen LogP contribution in [0.2, 0.25) is 0 Å². The van der Waals surface area contributed by atoms with Gasteiger partial charge >= 0.3 is 0 Å². The molecule has 106 valence electrons. The molecule has 1 aliphatic carbocycles. The molecule has 19 heavy (non-hydrogen) atoms. The summed E-state index contributed by atoms with van der Waals surface area (Å²) in [6, 6.07) is 7.41. The van der Waals surface area contributed by atoms with Crippen LogP contribution in [0.1, 0.15) is 31.4 Å². The molecule has 1 fully saturated rings. The molecule has 2 rings (SSSR count). The van der Waals surface area contributed by atoms with E-state index in [0.29, 0.717) is 19.0 Å². The number of nitrogens with two attached hydrogens (primary N) is 1. The van der Waals surface area contributed by atoms with Crippen LogP contribution in [0.15, 0.2) is 24.3 Å². The molecule has 0 bridgehead atoms. The van der Waals surface area contributed by atoms with Crippen molar-refractivity contribution < 1.29 is 8.42 Å². The van der Waals surface area contributed by atoms with E-state index >= 15 is 0 Å². The lowest BCUT2D eigenvalue weighted by molar-refractivity contribution is 0.537. The first kappa shape index (κ1) is 14.5. The van der Waals surface area contributed by atoms with Gasteiger partial charge in [-0.15, -0.1) is 0 Å². The first-order valence-corrected chi connectivity index (χ1v) is 8.23. The summed E-state index contributed by atoms with van der Waals surface area (Å²) in [6.07, 6.45) is 1.09. The second kappa shape index (κ2) is 5.23. The van der Waals surface area contributed by atoms with Crippen LogP contribution in [0, 0.1) is 11.3 Å². The summed E-state index contributed by atoms with van der Waals surface area (Å²) in [5, 5.41) is 0. The Kier molecular flexibility index (Phi) is 3.99. The molecule has 3 N–H and O–H groups in total. The molecular formula is C14H22N2O2S. The Labute approximate surface area is 115 Å². The summed E-state index contributed by atoms with van der Waals surface area (Å²) < 4.78 is 26.8. The Balaban J connectivity index is 1.97. The third kappa shape index (κ3) is 3.78. The Morgan fingerprint density at radius 2 is 1.89 bits per heavy atom. The van der Waals surface area contributed by atoms with Crippen molar-refractivity contribution in [3.8, 4) is 0 Å². The fourth-order valence-electron chi connectivity index (χ4n) is 2.31. The zero-order valence-corrected chi connectivity index (χ0v) is 12.3. The molecular weight excluding hydrogens is 260 g/mol. The van der Waals surface area contributed by atoms with Gasteiger partial charge in [-0.2, -0.15) is 0 Å². The van der Waals surface area contributed by atoms with Gasteiger partial charge in [0, 0.05) is 13.1 Å². The third-order valence-electron chi connectivity index (χ3n) is 3.95. The van der Waals surface area contributed by atoms with Crippen LogP contribution < -0.4 is 10.5 Å². The van der Waals surface area contributed by atoms with E-state index in [0.717, 1.165) is 17.5 Å². The van der Waals surface area contributed by atoms with Crippen molar-refractivity contribution in [3.05, 3.63) is 35.4 Å². The minimum absolute atomic E-state index is 0.00746. The van der Waals surface area contributed by atoms with E-state index in [1.165, 1.54) is 0 Å². The minimum Gasteiger partial charge on any atom is -0.326 e. The molecule has 1 aliphatic rings. The molecule has 0 radical (unpaired) electrons. The lowest BCUT2D eigenvalue weighted by atomic mass is 10.1. The van der Waals surface area contributed by atoms with Crippen molar-refractivity contribution in [2.45, 2.75) is 32.6 Å². The predicted molar refractivity (Wildman–Crippen MR) is 76.8 cm³/mol. The fraction of sp³-hybridized carbons (Fsp3) is 0.571. The first-order valence-electron chi connectivity index (χ1n) is 6.58. The zero-order valence-electron chi connectivity index (χ0n) is 11.5. The lowest BCUT2D eigenvalue weighted by Gasteiger charge is -2.10. The minimum atomic E-state index is -3.28. The number of nitrogens with one attached hydrogen (secondary N) is 1. The number of benzene rings is 1. The molecule has 1 aromatic carbocycles. The highest BCUT2D eigenvalue weighted by atomic mass is 32.2. The average molecular weight is 282 g/mol. The molecule has 0 spiro atoms. The van der Waals surface area contributed by atoms with Crippen LogP contribution in [-0.2, 0) is 22.3 Å². The third-order valence-corrected chi connectivity index (χ3v) is 5.25. The van der Waals surface area contributed by atoms with E-state index in [2.05, 4.69) is 18.6 Å². The van der Waals surface area contributed by atoms with Gasteiger partial charge in [-0.3, -0.25) is 0 Å². The average Bonchev–Trinajstić information content (AvgIpc) is 2.95. The topological polar surface area (TPSA) is 72.2 Å². The Morgan fingerprint density at radius 3 is 2.42 bits per heavy atom. The van der Waals surface area contributed by atoms with Crippen molar-refractivity contribution in [1.82, 2.24) is 4.72 Å². The molecule has 0 heterocycles. The number of hydrogen-bond acceptors (Lipinski definition) is 3. The molecule has 0 aromatic heterocycles. The van der Waals surface area contributed by atoms with Gasteiger partial charge in [0.15, 0.2) is 0 Å². The maximum atomic E-state index is 12.1. The highest BCUT2D eigenvalue weighted by molar-refractivity contribution is 7.88. The maximum Gasteiger partial charge on any atom is 0.215 e. The van der Waals surface area contributed by atoms with Gasteiger partial charge in [-0.05, 0) is 28.9 Å². The Morgan fingerprint density at radius 1 is 1.32 bits per heavy atom. The number of sulfonamides is 1. The van der Waals surface area contributed by atoms with Crippen molar-refractivity contribution in [2.24, 2.45) is 17.1 Å². The largest absolute Gasteiger partial charge is 0.326 e. The first-order chi connectivity index (χ1) is 8.84. The summed E-state index contributed by atoms with van der Waals surface area (Å²) >= 11 is 0. The van der Waals surface area contributed by atoms with Gasteiger partial charge in [0.25, 0.3) is 0 Å². The summed E-state index contributed by atoms with van der Waals surface area (Å²) in [4.78, 5) is 0. The van der Waals surface area contributed by atoms with Crippen LogP contribution >= 0.6 is 0 Å². The van der Waals surface area contributed by atoms with E-state index in [4.69, 9.17) is 5.73 Å². The summed E-state index contributed by atoms with van der Waals surface area (Å²) in [7, 11) is -3.28. The van der Waals surface area contributed by atoms with Crippen LogP contribution in [-0.4, -0.2) is 15.0 Å². The normalized spacial score (nSPS) is 21.3. The van der Waals surface area contributed by atoms with Gasteiger partial charge in [0.2, 0.25) is 10.0 Å². The van der Waals surface area contributed by atoms with E-state index in [-0.39, 0.29) is 11.2 Å². The van der Waals surface area contributed by atoms with Crippen LogP contribution in [0.3, 0.4) is 0 Å². The molecule has 1 aromatic rings. The smallest absolute Gasteiger partial charge is 0.215 e. The van der Waals surface area contributed by atoms with Crippen LogP contribution in [0.4, 0.5) is 0 Å². The van der Waals surface area contributed by atoms with Gasteiger partial charge in [0.1, 0.15) is 0 Å². The molecule has 0 saturated heterocycles. The Hall–Kier alpha value is -0.910. The van der Waals surface area contributed by atoms with Gasteiger partial charge in [-0.1, -0.05) is 38.1 Å². The van der Waals surface area contributed by atoms with E-state index in [1.807, 2.05) is 24.3 Å². The number of rotatable bonds is 6. The molecule has 1 atom stereocenters. The number of hydrogen-bond donors (Lipinski definition) is 2. The van der Waals surface area contributed by atoms with Crippen LogP contribution in [0.5, 0.6) is 0 Å². The standard InChI is InChI=1S/C14H22N2O2S/c1-14(2)7-13(14)9-16-19(17,18)10-12-6-4-3-5-11(12)8-15/h3-6,13,16H,7-10,15H2,1-2H3. The maximum absolute atomic E-state index is 12.1. The van der Waals surface area contributed by atoms with Crippen molar-refractivity contribution in [1.29, 1.82) is 0 Å². The van der Waals surface area contributed by atoms with Crippen molar-refractivity contribution in [2.75, 3.05) is 6.54 Å². The summed E-state index contributed by atoms with van der Waals surface area (Å²) in [5.74, 6) is 0.472. The Bertz CT molecular complexity index is 552. The van der Waals surface area contributed by atoms with E-state index in [9.17, 15) is 8.42 Å². The zero-order chi connectivity index (χ0) is 14.1. The lowest BCUT2D eigenvalue weighted by Crippen LogP contribution is -2.28. The molecule has 0 amide bonds. The monoisotopic (exact) mass is 282 g/mol. The summed E-state index contributed by atoms with van der Waals surface area (Å²) in [6.45, 7) is 5.23. The van der Waals surface area contributed by atoms with Gasteiger partial charge in [0.05, 0.1) is 5.75 Å². The van der Waals surface area contributed by atoms with Gasteiger partial charge in [-0.25, -0.2) is 13.1 Å². The van der Waals surface area contributed by atoms with E-state index < -0.39 is 10.0 Å².